The average molecular weight is 529 g/mol. The van der Waals surface area contributed by atoms with Crippen LogP contribution in [0.15, 0.2) is 84.9 Å². The molecule has 208 valence electrons. The lowest BCUT2D eigenvalue weighted by Gasteiger charge is -2.15. The highest BCUT2D eigenvalue weighted by Gasteiger charge is 2.10. The maximum atomic E-state index is 12.6. The summed E-state index contributed by atoms with van der Waals surface area (Å²) in [6, 6.07) is 22.8. The summed E-state index contributed by atoms with van der Waals surface area (Å²) < 4.78 is 17.4. The largest absolute Gasteiger partial charge is 0.494 e. The van der Waals surface area contributed by atoms with E-state index in [1.807, 2.05) is 36.4 Å². The van der Waals surface area contributed by atoms with E-state index in [0.717, 1.165) is 54.7 Å². The van der Waals surface area contributed by atoms with Crippen LogP contribution in [0.5, 0.6) is 17.2 Å². The van der Waals surface area contributed by atoms with Gasteiger partial charge in [-0.15, -0.1) is 0 Å². The maximum Gasteiger partial charge on any atom is 0.343 e. The van der Waals surface area contributed by atoms with E-state index in [1.165, 1.54) is 25.7 Å². The first kappa shape index (κ1) is 30.0. The number of allylic oxidation sites excluding steroid dienone is 2. The smallest absolute Gasteiger partial charge is 0.343 e. The van der Waals surface area contributed by atoms with Gasteiger partial charge in [0.2, 0.25) is 0 Å². The van der Waals surface area contributed by atoms with Crippen molar-refractivity contribution in [2.75, 3.05) is 6.61 Å². The average Bonchev–Trinajstić information content (AvgIpc) is 2.96. The van der Waals surface area contributed by atoms with Crippen molar-refractivity contribution in [1.82, 2.24) is 0 Å². The molecule has 0 N–H and O–H groups in total. The molecule has 0 aromatic heterocycles. The number of ether oxygens (including phenoxy) is 3. The number of esters is 1. The molecule has 0 aliphatic rings. The van der Waals surface area contributed by atoms with Crippen LogP contribution in [-0.2, 0) is 0 Å². The highest BCUT2D eigenvalue weighted by Crippen LogP contribution is 2.25. The maximum absolute atomic E-state index is 12.6. The highest BCUT2D eigenvalue weighted by molar-refractivity contribution is 5.91. The van der Waals surface area contributed by atoms with Gasteiger partial charge in [0.25, 0.3) is 0 Å². The number of hydrogen-bond acceptors (Lipinski definition) is 4. The molecule has 0 amide bonds. The zero-order valence-corrected chi connectivity index (χ0v) is 23.9. The number of carbonyl (C=O) groups is 1. The molecule has 0 heterocycles. The summed E-state index contributed by atoms with van der Waals surface area (Å²) in [5, 5.41) is 0. The number of hydrogen-bond donors (Lipinski definition) is 0. The second-order valence-electron chi connectivity index (χ2n) is 9.96. The number of rotatable bonds is 17. The molecule has 0 fully saturated rings. The molecule has 4 nitrogen and oxygen atoms in total. The van der Waals surface area contributed by atoms with Crippen LogP contribution in [0.25, 0.3) is 11.1 Å². The Morgan fingerprint density at radius 1 is 0.718 bits per heavy atom. The standard InChI is InChI=1S/C35H44O4/c1-4-6-8-10-11-13-27-37-32-23-25-34(26-24-32)39-35(36)31-17-15-29(16-18-31)30-19-21-33(22-20-30)38-28(3)14-12-9-7-5-2/h6,8,15-26,28H,4-5,7,9-14,27H2,1-3H3/b8-6-/t28-/m0/s1. The van der Waals surface area contributed by atoms with Crippen LogP contribution < -0.4 is 14.2 Å². The molecule has 0 aliphatic carbocycles. The van der Waals surface area contributed by atoms with Crippen molar-refractivity contribution in [2.45, 2.75) is 84.7 Å². The zero-order chi connectivity index (χ0) is 27.7. The van der Waals surface area contributed by atoms with Crippen LogP contribution in [0.3, 0.4) is 0 Å². The Hall–Kier alpha value is -3.53. The van der Waals surface area contributed by atoms with Gasteiger partial charge in [0, 0.05) is 0 Å². The molecule has 3 aromatic rings. The van der Waals surface area contributed by atoms with Crippen molar-refractivity contribution >= 4 is 5.97 Å². The van der Waals surface area contributed by atoms with Gasteiger partial charge in [0.05, 0.1) is 18.3 Å². The number of benzene rings is 3. The molecule has 0 unspecified atom stereocenters. The van der Waals surface area contributed by atoms with Gasteiger partial charge in [0.1, 0.15) is 17.2 Å². The van der Waals surface area contributed by atoms with E-state index in [2.05, 4.69) is 45.1 Å². The summed E-state index contributed by atoms with van der Waals surface area (Å²) in [6.45, 7) is 7.19. The first-order chi connectivity index (χ1) is 19.1. The van der Waals surface area contributed by atoms with Crippen LogP contribution in [-0.4, -0.2) is 18.7 Å². The lowest BCUT2D eigenvalue weighted by molar-refractivity contribution is 0.0734. The Morgan fingerprint density at radius 3 is 2.03 bits per heavy atom. The van der Waals surface area contributed by atoms with Crippen molar-refractivity contribution in [3.63, 3.8) is 0 Å². The van der Waals surface area contributed by atoms with E-state index in [4.69, 9.17) is 14.2 Å². The van der Waals surface area contributed by atoms with Gasteiger partial charge in [0.15, 0.2) is 0 Å². The summed E-state index contributed by atoms with van der Waals surface area (Å²) in [6.07, 6.45) is 15.0. The Balaban J connectivity index is 1.44. The lowest BCUT2D eigenvalue weighted by atomic mass is 10.0. The molecular weight excluding hydrogens is 484 g/mol. The van der Waals surface area contributed by atoms with Crippen LogP contribution in [0.4, 0.5) is 0 Å². The lowest BCUT2D eigenvalue weighted by Crippen LogP contribution is -2.11. The monoisotopic (exact) mass is 528 g/mol. The first-order valence-corrected chi connectivity index (χ1v) is 14.6. The minimum absolute atomic E-state index is 0.213. The SMILES string of the molecule is CC/C=C\CCCCOc1ccc(OC(=O)c2ccc(-c3ccc(O[C@@H](C)CCCCCC)cc3)cc2)cc1. The number of carbonyl (C=O) groups excluding carboxylic acids is 1. The van der Waals surface area contributed by atoms with Crippen LogP contribution in [0.2, 0.25) is 0 Å². The molecule has 0 saturated carbocycles. The summed E-state index contributed by atoms with van der Waals surface area (Å²) in [7, 11) is 0. The second kappa shape index (κ2) is 17.1. The molecular formula is C35H44O4. The third kappa shape index (κ3) is 11.0. The van der Waals surface area contributed by atoms with Gasteiger partial charge >= 0.3 is 5.97 Å². The Morgan fingerprint density at radius 2 is 1.36 bits per heavy atom. The predicted octanol–water partition coefficient (Wildman–Crippen LogP) is 9.83. The summed E-state index contributed by atoms with van der Waals surface area (Å²) in [4.78, 5) is 12.6. The Bertz CT molecular complexity index is 1110. The van der Waals surface area contributed by atoms with Gasteiger partial charge in [-0.25, -0.2) is 4.79 Å². The quantitative estimate of drug-likeness (QED) is 0.0757. The Labute approximate surface area is 235 Å². The fraction of sp³-hybridized carbons (Fsp3) is 0.400. The fourth-order valence-electron chi connectivity index (χ4n) is 4.28. The molecule has 0 saturated heterocycles. The Kier molecular flexibility index (Phi) is 13.2. The first-order valence-electron chi connectivity index (χ1n) is 14.6. The van der Waals surface area contributed by atoms with Gasteiger partial charge in [-0.3, -0.25) is 0 Å². The number of unbranched alkanes of at least 4 members (excludes halogenated alkanes) is 5. The molecule has 3 aromatic carbocycles. The molecule has 0 bridgehead atoms. The van der Waals surface area contributed by atoms with E-state index in [-0.39, 0.29) is 12.1 Å². The molecule has 3 rings (SSSR count). The topological polar surface area (TPSA) is 44.8 Å². The van der Waals surface area contributed by atoms with Gasteiger partial charge in [-0.1, -0.05) is 69.5 Å². The molecule has 0 radical (unpaired) electrons. The van der Waals surface area contributed by atoms with E-state index < -0.39 is 0 Å². The van der Waals surface area contributed by atoms with Gasteiger partial charge in [-0.05, 0) is 105 Å². The van der Waals surface area contributed by atoms with Crippen LogP contribution in [0, 0.1) is 0 Å². The van der Waals surface area contributed by atoms with Crippen molar-refractivity contribution in [3.8, 4) is 28.4 Å². The predicted molar refractivity (Wildman–Crippen MR) is 161 cm³/mol. The van der Waals surface area contributed by atoms with Gasteiger partial charge in [-0.2, -0.15) is 0 Å². The highest BCUT2D eigenvalue weighted by atomic mass is 16.5. The van der Waals surface area contributed by atoms with E-state index >= 15 is 0 Å². The molecule has 39 heavy (non-hydrogen) atoms. The molecule has 0 aliphatic heterocycles. The van der Waals surface area contributed by atoms with E-state index in [1.54, 1.807) is 24.3 Å². The minimum atomic E-state index is -0.382. The normalized spacial score (nSPS) is 11.9. The second-order valence-corrected chi connectivity index (χ2v) is 9.96. The van der Waals surface area contributed by atoms with Crippen molar-refractivity contribution in [2.24, 2.45) is 0 Å². The van der Waals surface area contributed by atoms with Crippen molar-refractivity contribution < 1.29 is 19.0 Å². The van der Waals surface area contributed by atoms with Crippen molar-refractivity contribution in [1.29, 1.82) is 0 Å². The van der Waals surface area contributed by atoms with Gasteiger partial charge < -0.3 is 14.2 Å². The summed E-state index contributed by atoms with van der Waals surface area (Å²) in [5.74, 6) is 1.78. The molecule has 1 atom stereocenters. The fourth-order valence-corrected chi connectivity index (χ4v) is 4.28. The van der Waals surface area contributed by atoms with Crippen molar-refractivity contribution in [3.05, 3.63) is 90.5 Å². The third-order valence-electron chi connectivity index (χ3n) is 6.58. The minimum Gasteiger partial charge on any atom is -0.494 e. The molecule has 0 spiro atoms. The van der Waals surface area contributed by atoms with E-state index in [0.29, 0.717) is 17.9 Å². The van der Waals surface area contributed by atoms with Crippen LogP contribution in [0.1, 0.15) is 88.9 Å². The van der Waals surface area contributed by atoms with Crippen LogP contribution >= 0.6 is 0 Å². The summed E-state index contributed by atoms with van der Waals surface area (Å²) in [5.41, 5.74) is 2.62. The van der Waals surface area contributed by atoms with E-state index in [9.17, 15) is 4.79 Å². The summed E-state index contributed by atoms with van der Waals surface area (Å²) >= 11 is 0. The molecule has 4 heteroatoms. The third-order valence-corrected chi connectivity index (χ3v) is 6.58. The zero-order valence-electron chi connectivity index (χ0n) is 23.9.